The van der Waals surface area contributed by atoms with Crippen molar-refractivity contribution in [2.24, 2.45) is 0 Å². The van der Waals surface area contributed by atoms with E-state index in [0.717, 1.165) is 0 Å². The van der Waals surface area contributed by atoms with Crippen LogP contribution in [0.2, 0.25) is 5.02 Å². The highest BCUT2D eigenvalue weighted by Gasteiger charge is 2.34. The molecule has 108 valence electrons. The van der Waals surface area contributed by atoms with Gasteiger partial charge in [-0.05, 0) is 26.0 Å². The first-order chi connectivity index (χ1) is 9.33. The summed E-state index contributed by atoms with van der Waals surface area (Å²) in [7, 11) is 0. The zero-order valence-electron chi connectivity index (χ0n) is 11.3. The number of hydrogen-bond donors (Lipinski definition) is 0. The highest BCUT2D eigenvalue weighted by molar-refractivity contribution is 6.33. The van der Waals surface area contributed by atoms with Crippen molar-refractivity contribution in [2.45, 2.75) is 19.4 Å². The number of nitro benzene ring substituents is 1. The van der Waals surface area contributed by atoms with E-state index in [4.69, 9.17) is 16.3 Å². The Bertz CT molecular complexity index is 559. The van der Waals surface area contributed by atoms with Crippen molar-refractivity contribution >= 4 is 23.2 Å². The second-order valence-electron chi connectivity index (χ2n) is 5.25. The zero-order valence-corrected chi connectivity index (χ0v) is 12.0. The van der Waals surface area contributed by atoms with Crippen LogP contribution in [0.4, 0.5) is 5.69 Å². The molecular weight excluding hydrogens is 284 g/mol. The van der Waals surface area contributed by atoms with E-state index in [1.165, 1.54) is 18.2 Å². The van der Waals surface area contributed by atoms with E-state index < -0.39 is 10.5 Å². The number of carbonyl (C=O) groups is 1. The van der Waals surface area contributed by atoms with Gasteiger partial charge in [0.2, 0.25) is 0 Å². The molecule has 0 radical (unpaired) electrons. The fraction of sp³-hybridized carbons (Fsp3) is 0.462. The minimum absolute atomic E-state index is 0.0353. The average molecular weight is 299 g/mol. The molecule has 0 saturated carbocycles. The van der Waals surface area contributed by atoms with Gasteiger partial charge < -0.3 is 9.64 Å². The van der Waals surface area contributed by atoms with Gasteiger partial charge >= 0.3 is 0 Å². The lowest BCUT2D eigenvalue weighted by Gasteiger charge is -2.42. The molecule has 6 nitrogen and oxygen atoms in total. The molecule has 0 bridgehead atoms. The predicted molar refractivity (Wildman–Crippen MR) is 74.0 cm³/mol. The summed E-state index contributed by atoms with van der Waals surface area (Å²) in [6.07, 6.45) is 0. The number of halogens is 1. The van der Waals surface area contributed by atoms with E-state index in [1.54, 1.807) is 4.90 Å². The molecule has 0 aromatic heterocycles. The molecule has 2 rings (SSSR count). The van der Waals surface area contributed by atoms with Crippen LogP contribution >= 0.6 is 11.6 Å². The first kappa shape index (κ1) is 14.7. The van der Waals surface area contributed by atoms with Crippen molar-refractivity contribution in [1.29, 1.82) is 0 Å². The van der Waals surface area contributed by atoms with Gasteiger partial charge in [-0.3, -0.25) is 14.9 Å². The molecule has 0 N–H and O–H groups in total. The summed E-state index contributed by atoms with van der Waals surface area (Å²) in [6.45, 7) is 5.25. The summed E-state index contributed by atoms with van der Waals surface area (Å²) in [5.74, 6) is -0.199. The molecule has 20 heavy (non-hydrogen) atoms. The van der Waals surface area contributed by atoms with Crippen LogP contribution in [-0.2, 0) is 4.74 Å². The number of carbonyl (C=O) groups excluding carboxylic acids is 1. The van der Waals surface area contributed by atoms with E-state index in [-0.39, 0.29) is 16.6 Å². The number of nitrogens with zero attached hydrogens (tertiary/aromatic N) is 2. The average Bonchev–Trinajstić information content (AvgIpc) is 2.37. The normalized spacial score (nSPS) is 17.9. The molecule has 1 amide bonds. The van der Waals surface area contributed by atoms with Crippen LogP contribution in [0.15, 0.2) is 18.2 Å². The predicted octanol–water partition coefficient (Wildman–Crippen LogP) is 2.50. The largest absolute Gasteiger partial charge is 0.377 e. The van der Waals surface area contributed by atoms with Gasteiger partial charge in [-0.2, -0.15) is 0 Å². The minimum atomic E-state index is -0.574. The lowest BCUT2D eigenvalue weighted by atomic mass is 10.0. The smallest absolute Gasteiger partial charge is 0.287 e. The van der Waals surface area contributed by atoms with Crippen molar-refractivity contribution in [2.75, 3.05) is 19.8 Å². The molecular formula is C13H15ClN2O4. The fourth-order valence-electron chi connectivity index (χ4n) is 2.18. The molecule has 1 saturated heterocycles. The van der Waals surface area contributed by atoms with Crippen molar-refractivity contribution in [3.05, 3.63) is 38.9 Å². The number of benzene rings is 1. The van der Waals surface area contributed by atoms with Crippen molar-refractivity contribution in [3.63, 3.8) is 0 Å². The number of rotatable bonds is 2. The third kappa shape index (κ3) is 2.76. The van der Waals surface area contributed by atoms with Crippen LogP contribution in [0.5, 0.6) is 0 Å². The van der Waals surface area contributed by atoms with Crippen LogP contribution in [-0.4, -0.2) is 41.0 Å². The maximum absolute atomic E-state index is 12.5. The zero-order chi connectivity index (χ0) is 14.9. The molecule has 0 unspecified atom stereocenters. The highest BCUT2D eigenvalue weighted by Crippen LogP contribution is 2.27. The maximum Gasteiger partial charge on any atom is 0.287 e. The van der Waals surface area contributed by atoms with Gasteiger partial charge in [-0.15, -0.1) is 0 Å². The van der Waals surface area contributed by atoms with Crippen LogP contribution < -0.4 is 0 Å². The van der Waals surface area contributed by atoms with Crippen LogP contribution in [0.25, 0.3) is 0 Å². The van der Waals surface area contributed by atoms with Gasteiger partial charge in [-0.25, -0.2) is 0 Å². The molecule has 0 atom stereocenters. The van der Waals surface area contributed by atoms with Gasteiger partial charge in [0.05, 0.1) is 23.7 Å². The number of nitro groups is 1. The Morgan fingerprint density at radius 2 is 2.20 bits per heavy atom. The molecule has 1 aliphatic heterocycles. The SMILES string of the molecule is CC1(C)COCCN1C(=O)c1ccc([N+](=O)[O-])c(Cl)c1. The maximum atomic E-state index is 12.5. The molecule has 1 heterocycles. The number of amides is 1. The van der Waals surface area contributed by atoms with Gasteiger partial charge in [0.25, 0.3) is 11.6 Å². The monoisotopic (exact) mass is 298 g/mol. The molecule has 1 aliphatic rings. The second kappa shape index (κ2) is 5.38. The van der Waals surface area contributed by atoms with E-state index in [2.05, 4.69) is 0 Å². The number of morpholine rings is 1. The number of hydrogen-bond acceptors (Lipinski definition) is 4. The number of ether oxygens (including phenoxy) is 1. The van der Waals surface area contributed by atoms with Crippen molar-refractivity contribution in [3.8, 4) is 0 Å². The van der Waals surface area contributed by atoms with Gasteiger partial charge in [0.15, 0.2) is 0 Å². The molecule has 0 spiro atoms. The van der Waals surface area contributed by atoms with E-state index in [0.29, 0.717) is 25.3 Å². The Balaban J connectivity index is 2.29. The van der Waals surface area contributed by atoms with E-state index in [1.807, 2.05) is 13.8 Å². The van der Waals surface area contributed by atoms with Gasteiger partial charge in [0, 0.05) is 18.2 Å². The Kier molecular flexibility index (Phi) is 3.96. The fourth-order valence-corrected chi connectivity index (χ4v) is 2.43. The standard InChI is InChI=1S/C13H15ClN2O4/c1-13(2)8-20-6-5-15(13)12(17)9-3-4-11(16(18)19)10(14)7-9/h3-4,7H,5-6,8H2,1-2H3. The third-order valence-electron chi connectivity index (χ3n) is 3.28. The Morgan fingerprint density at radius 3 is 2.75 bits per heavy atom. The summed E-state index contributed by atoms with van der Waals surface area (Å²) in [5.41, 5.74) is -0.274. The lowest BCUT2D eigenvalue weighted by molar-refractivity contribution is -0.384. The van der Waals surface area contributed by atoms with Gasteiger partial charge in [-0.1, -0.05) is 11.6 Å². The molecule has 1 fully saturated rings. The first-order valence-corrected chi connectivity index (χ1v) is 6.54. The van der Waals surface area contributed by atoms with Crippen LogP contribution in [0.1, 0.15) is 24.2 Å². The summed E-state index contributed by atoms with van der Waals surface area (Å²) in [5, 5.41) is 10.7. The summed E-state index contributed by atoms with van der Waals surface area (Å²) in [6, 6.07) is 4.02. The minimum Gasteiger partial charge on any atom is -0.377 e. The first-order valence-electron chi connectivity index (χ1n) is 6.16. The lowest BCUT2D eigenvalue weighted by Crippen LogP contribution is -2.55. The summed E-state index contributed by atoms with van der Waals surface area (Å²) >= 11 is 5.84. The topological polar surface area (TPSA) is 72.7 Å². The van der Waals surface area contributed by atoms with Crippen molar-refractivity contribution in [1.82, 2.24) is 4.90 Å². The molecule has 0 aliphatic carbocycles. The highest BCUT2D eigenvalue weighted by atomic mass is 35.5. The van der Waals surface area contributed by atoms with Crippen LogP contribution in [0, 0.1) is 10.1 Å². The molecule has 7 heteroatoms. The summed E-state index contributed by atoms with van der Waals surface area (Å²) < 4.78 is 5.37. The Morgan fingerprint density at radius 1 is 1.50 bits per heavy atom. The van der Waals surface area contributed by atoms with E-state index in [9.17, 15) is 14.9 Å². The Labute approximate surface area is 121 Å². The molecule has 1 aromatic carbocycles. The van der Waals surface area contributed by atoms with Gasteiger partial charge in [0.1, 0.15) is 5.02 Å². The Hall–Kier alpha value is -1.66. The second-order valence-corrected chi connectivity index (χ2v) is 5.65. The van der Waals surface area contributed by atoms with Crippen LogP contribution in [0.3, 0.4) is 0 Å². The van der Waals surface area contributed by atoms with E-state index >= 15 is 0 Å². The molecule has 1 aromatic rings. The third-order valence-corrected chi connectivity index (χ3v) is 3.58. The quantitative estimate of drug-likeness (QED) is 0.621. The summed E-state index contributed by atoms with van der Waals surface area (Å²) in [4.78, 5) is 24.3. The van der Waals surface area contributed by atoms with Crippen molar-refractivity contribution < 1.29 is 14.5 Å².